The average Bonchev–Trinajstić information content (AvgIpc) is 3.39. The zero-order valence-electron chi connectivity index (χ0n) is 21.6. The first-order valence-corrected chi connectivity index (χ1v) is 13.2. The minimum Gasteiger partial charge on any atom is -0.351 e. The molecule has 0 aliphatic heterocycles. The first kappa shape index (κ1) is 25.5. The van der Waals surface area contributed by atoms with E-state index in [1.54, 1.807) is 10.7 Å². The van der Waals surface area contributed by atoms with Crippen LogP contribution in [0.2, 0.25) is 5.02 Å². The second-order valence-corrected chi connectivity index (χ2v) is 9.90. The molecule has 0 unspecified atom stereocenters. The quantitative estimate of drug-likeness (QED) is 0.228. The van der Waals surface area contributed by atoms with Crippen LogP contribution in [0.25, 0.3) is 16.9 Å². The lowest BCUT2D eigenvalue weighted by Crippen LogP contribution is -2.28. The molecule has 190 valence electrons. The smallest absolute Gasteiger partial charge is 0.270 e. The molecule has 0 radical (unpaired) electrons. The van der Waals surface area contributed by atoms with E-state index in [1.807, 2.05) is 42.5 Å². The van der Waals surface area contributed by atoms with Gasteiger partial charge in [-0.05, 0) is 66.8 Å². The van der Waals surface area contributed by atoms with E-state index in [9.17, 15) is 4.79 Å². The summed E-state index contributed by atoms with van der Waals surface area (Å²) in [5.74, 6) is -0.00958. The highest BCUT2D eigenvalue weighted by molar-refractivity contribution is 6.32. The minimum atomic E-state index is -0.188. The Balaban J connectivity index is 1.42. The van der Waals surface area contributed by atoms with Gasteiger partial charge >= 0.3 is 0 Å². The third-order valence-corrected chi connectivity index (χ3v) is 7.27. The molecule has 1 heterocycles. The molecular weight excluding hydrogens is 490 g/mol. The van der Waals surface area contributed by atoms with E-state index in [-0.39, 0.29) is 11.8 Å². The molecule has 1 aromatic heterocycles. The summed E-state index contributed by atoms with van der Waals surface area (Å²) in [6, 6.07) is 36.3. The van der Waals surface area contributed by atoms with Crippen LogP contribution in [-0.4, -0.2) is 22.2 Å². The molecule has 0 spiro atoms. The predicted octanol–water partition coefficient (Wildman–Crippen LogP) is 7.76. The first-order valence-electron chi connectivity index (χ1n) is 12.8. The summed E-state index contributed by atoms with van der Waals surface area (Å²) >= 11 is 6.53. The van der Waals surface area contributed by atoms with Gasteiger partial charge in [0.05, 0.1) is 16.4 Å². The van der Waals surface area contributed by atoms with Crippen LogP contribution in [0.3, 0.4) is 0 Å². The SMILES string of the molecule is Cc1ccc(-c2cc(C(=O)NCCC(c3ccccc3)c3ccccc3)n(-c3ccccc3Cl)n2)cc1C. The molecule has 0 atom stereocenters. The second-order valence-electron chi connectivity index (χ2n) is 9.50. The summed E-state index contributed by atoms with van der Waals surface area (Å²) in [4.78, 5) is 13.6. The molecule has 0 fully saturated rings. The molecule has 0 aliphatic carbocycles. The van der Waals surface area contributed by atoms with Gasteiger partial charge in [-0.15, -0.1) is 0 Å². The highest BCUT2D eigenvalue weighted by Gasteiger charge is 2.20. The van der Waals surface area contributed by atoms with Gasteiger partial charge in [0.25, 0.3) is 5.91 Å². The maximum Gasteiger partial charge on any atom is 0.270 e. The third kappa shape index (κ3) is 5.56. The molecule has 1 amide bonds. The van der Waals surface area contributed by atoms with E-state index in [0.29, 0.717) is 22.9 Å². The number of halogens is 1. The van der Waals surface area contributed by atoms with Crippen molar-refractivity contribution in [3.8, 4) is 16.9 Å². The van der Waals surface area contributed by atoms with E-state index in [4.69, 9.17) is 16.7 Å². The summed E-state index contributed by atoms with van der Waals surface area (Å²) in [5, 5.41) is 8.49. The van der Waals surface area contributed by atoms with Crippen LogP contribution in [-0.2, 0) is 0 Å². The summed E-state index contributed by atoms with van der Waals surface area (Å²) in [5.41, 5.74) is 7.64. The van der Waals surface area contributed by atoms with Crippen LogP contribution in [0.4, 0.5) is 0 Å². The normalized spacial score (nSPS) is 11.1. The van der Waals surface area contributed by atoms with Crippen molar-refractivity contribution in [1.29, 1.82) is 0 Å². The van der Waals surface area contributed by atoms with Crippen molar-refractivity contribution in [2.75, 3.05) is 6.54 Å². The molecule has 4 aromatic carbocycles. The van der Waals surface area contributed by atoms with Crippen molar-refractivity contribution >= 4 is 17.5 Å². The Hall–Kier alpha value is -4.15. The van der Waals surface area contributed by atoms with Gasteiger partial charge in [-0.25, -0.2) is 4.68 Å². The standard InChI is InChI=1S/C33H30ClN3O/c1-23-17-18-27(21-24(23)2)30-22-32(37(36-30)31-16-10-9-15-29(31)34)33(38)35-20-19-28(25-11-5-3-6-12-25)26-13-7-4-8-14-26/h3-18,21-22,28H,19-20H2,1-2H3,(H,35,38). The lowest BCUT2D eigenvalue weighted by molar-refractivity contribution is 0.0945. The van der Waals surface area contributed by atoms with Crippen LogP contribution in [0.15, 0.2) is 109 Å². The topological polar surface area (TPSA) is 46.9 Å². The van der Waals surface area contributed by atoms with Gasteiger partial charge in [0.1, 0.15) is 5.69 Å². The summed E-state index contributed by atoms with van der Waals surface area (Å²) in [7, 11) is 0. The number of aryl methyl sites for hydroxylation is 2. The summed E-state index contributed by atoms with van der Waals surface area (Å²) < 4.78 is 1.65. The van der Waals surface area contributed by atoms with Gasteiger partial charge in [-0.2, -0.15) is 5.10 Å². The lowest BCUT2D eigenvalue weighted by atomic mass is 9.88. The summed E-state index contributed by atoms with van der Waals surface area (Å²) in [6.07, 6.45) is 0.768. The molecular formula is C33H30ClN3O. The highest BCUT2D eigenvalue weighted by Crippen LogP contribution is 2.29. The lowest BCUT2D eigenvalue weighted by Gasteiger charge is -2.18. The van der Waals surface area contributed by atoms with Gasteiger partial charge in [-0.1, -0.05) is 96.5 Å². The fourth-order valence-electron chi connectivity index (χ4n) is 4.71. The Bertz CT molecular complexity index is 1500. The number of benzene rings is 4. The number of nitrogens with one attached hydrogen (secondary N) is 1. The van der Waals surface area contributed by atoms with Crippen LogP contribution >= 0.6 is 11.6 Å². The molecule has 1 N–H and O–H groups in total. The molecule has 0 bridgehead atoms. The number of aromatic nitrogens is 2. The number of rotatable bonds is 8. The van der Waals surface area contributed by atoms with Crippen LogP contribution in [0.1, 0.15) is 45.1 Å². The number of para-hydroxylation sites is 1. The number of nitrogens with zero attached hydrogens (tertiary/aromatic N) is 2. The second kappa shape index (κ2) is 11.5. The maximum atomic E-state index is 13.6. The van der Waals surface area contributed by atoms with E-state index in [2.05, 4.69) is 79.8 Å². The van der Waals surface area contributed by atoms with E-state index in [0.717, 1.165) is 17.7 Å². The van der Waals surface area contributed by atoms with E-state index in [1.165, 1.54) is 22.3 Å². The predicted molar refractivity (Wildman–Crippen MR) is 155 cm³/mol. The van der Waals surface area contributed by atoms with Gasteiger partial charge in [0.15, 0.2) is 0 Å². The molecule has 5 aromatic rings. The molecule has 4 nitrogen and oxygen atoms in total. The zero-order chi connectivity index (χ0) is 26.5. The van der Waals surface area contributed by atoms with Gasteiger partial charge < -0.3 is 5.32 Å². The van der Waals surface area contributed by atoms with Crippen LogP contribution in [0.5, 0.6) is 0 Å². The summed E-state index contributed by atoms with van der Waals surface area (Å²) in [6.45, 7) is 4.67. The Labute approximate surface area is 228 Å². The third-order valence-electron chi connectivity index (χ3n) is 6.95. The first-order chi connectivity index (χ1) is 18.5. The fourth-order valence-corrected chi connectivity index (χ4v) is 4.92. The fraction of sp³-hybridized carbons (Fsp3) is 0.152. The van der Waals surface area contributed by atoms with E-state index < -0.39 is 0 Å². The molecule has 0 aliphatic rings. The molecule has 0 saturated carbocycles. The van der Waals surface area contributed by atoms with Gasteiger partial charge in [0.2, 0.25) is 0 Å². The van der Waals surface area contributed by atoms with Crippen molar-refractivity contribution in [2.45, 2.75) is 26.2 Å². The monoisotopic (exact) mass is 519 g/mol. The number of carbonyl (C=O) groups excluding carboxylic acids is 1. The highest BCUT2D eigenvalue weighted by atomic mass is 35.5. The Morgan fingerprint density at radius 3 is 2.08 bits per heavy atom. The number of amides is 1. The zero-order valence-corrected chi connectivity index (χ0v) is 22.3. The van der Waals surface area contributed by atoms with Crippen molar-refractivity contribution in [3.63, 3.8) is 0 Å². The number of carbonyl (C=O) groups is 1. The van der Waals surface area contributed by atoms with Crippen molar-refractivity contribution in [1.82, 2.24) is 15.1 Å². The number of hydrogen-bond donors (Lipinski definition) is 1. The van der Waals surface area contributed by atoms with Crippen molar-refractivity contribution < 1.29 is 4.79 Å². The van der Waals surface area contributed by atoms with Crippen molar-refractivity contribution in [2.24, 2.45) is 0 Å². The minimum absolute atomic E-state index is 0.178. The van der Waals surface area contributed by atoms with Crippen molar-refractivity contribution in [3.05, 3.63) is 142 Å². The van der Waals surface area contributed by atoms with Gasteiger partial charge in [-0.3, -0.25) is 4.79 Å². The van der Waals surface area contributed by atoms with Crippen LogP contribution in [0, 0.1) is 13.8 Å². The molecule has 5 rings (SSSR count). The Morgan fingerprint density at radius 2 is 1.45 bits per heavy atom. The average molecular weight is 520 g/mol. The van der Waals surface area contributed by atoms with Gasteiger partial charge in [0, 0.05) is 18.0 Å². The molecule has 38 heavy (non-hydrogen) atoms. The molecule has 5 heteroatoms. The molecule has 0 saturated heterocycles. The number of hydrogen-bond acceptors (Lipinski definition) is 2. The Kier molecular flexibility index (Phi) is 7.71. The van der Waals surface area contributed by atoms with E-state index >= 15 is 0 Å². The largest absolute Gasteiger partial charge is 0.351 e. The van der Waals surface area contributed by atoms with Crippen LogP contribution < -0.4 is 5.32 Å². The Morgan fingerprint density at radius 1 is 0.816 bits per heavy atom. The maximum absolute atomic E-state index is 13.6.